The number of amides is 1. The van der Waals surface area contributed by atoms with E-state index in [2.05, 4.69) is 0 Å². The van der Waals surface area contributed by atoms with Gasteiger partial charge < -0.3 is 16.2 Å². The second kappa shape index (κ2) is 4.94. The van der Waals surface area contributed by atoms with Gasteiger partial charge in [-0.3, -0.25) is 4.79 Å². The molecular formula is C12H15ClN2O2. The summed E-state index contributed by atoms with van der Waals surface area (Å²) in [6.07, 6.45) is 2.68. The van der Waals surface area contributed by atoms with Crippen LogP contribution >= 0.6 is 11.6 Å². The second-order valence-corrected chi connectivity index (χ2v) is 4.70. The Morgan fingerprint density at radius 3 is 2.76 bits per heavy atom. The highest BCUT2D eigenvalue weighted by atomic mass is 35.5. The lowest BCUT2D eigenvalue weighted by Gasteiger charge is -2.16. The largest absolute Gasteiger partial charge is 0.489 e. The van der Waals surface area contributed by atoms with Crippen molar-refractivity contribution in [3.63, 3.8) is 0 Å². The quantitative estimate of drug-likeness (QED) is 0.862. The van der Waals surface area contributed by atoms with Gasteiger partial charge in [0.15, 0.2) is 0 Å². The lowest BCUT2D eigenvalue weighted by molar-refractivity contribution is 0.0993. The number of ether oxygens (including phenoxy) is 1. The van der Waals surface area contributed by atoms with E-state index in [0.717, 1.165) is 19.3 Å². The van der Waals surface area contributed by atoms with Crippen LogP contribution in [0, 0.1) is 0 Å². The Morgan fingerprint density at radius 1 is 1.41 bits per heavy atom. The monoisotopic (exact) mass is 254 g/mol. The molecular weight excluding hydrogens is 240 g/mol. The molecule has 0 radical (unpaired) electrons. The maximum Gasteiger partial charge on any atom is 0.253 e. The van der Waals surface area contributed by atoms with Crippen LogP contribution in [0.3, 0.4) is 0 Å². The number of benzene rings is 1. The van der Waals surface area contributed by atoms with Crippen molar-refractivity contribution in [2.75, 3.05) is 0 Å². The van der Waals surface area contributed by atoms with Crippen molar-refractivity contribution < 1.29 is 9.53 Å². The zero-order chi connectivity index (χ0) is 12.4. The molecule has 0 bridgehead atoms. The molecule has 1 aromatic carbocycles. The van der Waals surface area contributed by atoms with E-state index in [-0.39, 0.29) is 17.7 Å². The van der Waals surface area contributed by atoms with Gasteiger partial charge in [0, 0.05) is 6.04 Å². The van der Waals surface area contributed by atoms with Crippen LogP contribution < -0.4 is 16.2 Å². The third-order valence-corrected chi connectivity index (χ3v) is 3.26. The average Bonchev–Trinajstić information content (AvgIpc) is 2.63. The Kier molecular flexibility index (Phi) is 3.54. The van der Waals surface area contributed by atoms with Crippen LogP contribution in [0.5, 0.6) is 5.75 Å². The minimum absolute atomic E-state index is 0.0431. The summed E-state index contributed by atoms with van der Waals surface area (Å²) < 4.78 is 5.75. The maximum absolute atomic E-state index is 11.3. The first-order chi connectivity index (χ1) is 8.08. The summed E-state index contributed by atoms with van der Waals surface area (Å²) in [5, 5.41) is 0.317. The summed E-state index contributed by atoms with van der Waals surface area (Å²) in [5.74, 6) is -0.128. The standard InChI is InChI=1S/C12H15ClN2O2/c13-9-2-1-3-10(11(9)12(15)16)17-8-5-4-7(14)6-8/h1-3,7-8H,4-6,14H2,(H2,15,16). The number of carbonyl (C=O) groups is 1. The predicted octanol–water partition coefficient (Wildman–Crippen LogP) is 1.70. The molecule has 1 aliphatic carbocycles. The zero-order valence-electron chi connectivity index (χ0n) is 9.36. The van der Waals surface area contributed by atoms with Crippen molar-refractivity contribution in [2.24, 2.45) is 11.5 Å². The minimum Gasteiger partial charge on any atom is -0.489 e. The summed E-state index contributed by atoms with van der Waals surface area (Å²) in [6, 6.07) is 5.24. The topological polar surface area (TPSA) is 78.3 Å². The van der Waals surface area contributed by atoms with Crippen molar-refractivity contribution in [1.29, 1.82) is 0 Å². The molecule has 2 unspecified atom stereocenters. The first kappa shape index (κ1) is 12.2. The van der Waals surface area contributed by atoms with Gasteiger partial charge in [0.05, 0.1) is 10.6 Å². The van der Waals surface area contributed by atoms with Crippen LogP contribution in [-0.2, 0) is 0 Å². The number of primary amides is 1. The van der Waals surface area contributed by atoms with E-state index < -0.39 is 5.91 Å². The van der Waals surface area contributed by atoms with Gasteiger partial charge >= 0.3 is 0 Å². The molecule has 0 saturated heterocycles. The molecule has 0 aromatic heterocycles. The number of halogens is 1. The molecule has 17 heavy (non-hydrogen) atoms. The van der Waals surface area contributed by atoms with Gasteiger partial charge in [0.25, 0.3) is 5.91 Å². The molecule has 1 saturated carbocycles. The van der Waals surface area contributed by atoms with Gasteiger partial charge in [-0.25, -0.2) is 0 Å². The fraction of sp³-hybridized carbons (Fsp3) is 0.417. The van der Waals surface area contributed by atoms with Gasteiger partial charge in [-0.05, 0) is 31.4 Å². The second-order valence-electron chi connectivity index (χ2n) is 4.29. The summed E-state index contributed by atoms with van der Waals surface area (Å²) in [6.45, 7) is 0. The highest BCUT2D eigenvalue weighted by Crippen LogP contribution is 2.30. The van der Waals surface area contributed by atoms with Crippen LogP contribution in [-0.4, -0.2) is 18.1 Å². The molecule has 2 atom stereocenters. The normalized spacial score (nSPS) is 23.6. The number of nitrogens with two attached hydrogens (primary N) is 2. The van der Waals surface area contributed by atoms with Crippen LogP contribution in [0.1, 0.15) is 29.6 Å². The van der Waals surface area contributed by atoms with Gasteiger partial charge in [-0.2, -0.15) is 0 Å². The Hall–Kier alpha value is -1.26. The lowest BCUT2D eigenvalue weighted by atomic mass is 10.2. The van der Waals surface area contributed by atoms with Crippen molar-refractivity contribution >= 4 is 17.5 Å². The molecule has 0 spiro atoms. The third kappa shape index (κ3) is 2.70. The van der Waals surface area contributed by atoms with Crippen LogP contribution in [0.2, 0.25) is 5.02 Å². The Balaban J connectivity index is 2.20. The van der Waals surface area contributed by atoms with E-state index in [1.807, 2.05) is 0 Å². The van der Waals surface area contributed by atoms with Gasteiger partial charge in [-0.15, -0.1) is 0 Å². The molecule has 0 heterocycles. The van der Waals surface area contributed by atoms with Gasteiger partial charge in [0.2, 0.25) is 0 Å². The Morgan fingerprint density at radius 2 is 2.18 bits per heavy atom. The van der Waals surface area contributed by atoms with E-state index >= 15 is 0 Å². The van der Waals surface area contributed by atoms with E-state index in [1.165, 1.54) is 0 Å². The van der Waals surface area contributed by atoms with Crippen LogP contribution in [0.25, 0.3) is 0 Å². The fourth-order valence-corrected chi connectivity index (χ4v) is 2.36. The minimum atomic E-state index is -0.576. The van der Waals surface area contributed by atoms with Crippen LogP contribution in [0.4, 0.5) is 0 Å². The number of carbonyl (C=O) groups excluding carboxylic acids is 1. The van der Waals surface area contributed by atoms with Gasteiger partial charge in [-0.1, -0.05) is 17.7 Å². The molecule has 4 nitrogen and oxygen atoms in total. The van der Waals surface area contributed by atoms with E-state index in [9.17, 15) is 4.79 Å². The maximum atomic E-state index is 11.3. The van der Waals surface area contributed by atoms with E-state index in [0.29, 0.717) is 10.8 Å². The van der Waals surface area contributed by atoms with E-state index in [1.54, 1.807) is 18.2 Å². The predicted molar refractivity (Wildman–Crippen MR) is 66.2 cm³/mol. The SMILES string of the molecule is NC(=O)c1c(Cl)cccc1OC1CCC(N)C1. The molecule has 1 fully saturated rings. The fourth-order valence-electron chi connectivity index (χ4n) is 2.10. The number of hydrogen-bond donors (Lipinski definition) is 2. The Labute approximate surface area is 105 Å². The first-order valence-corrected chi connectivity index (χ1v) is 5.96. The summed E-state index contributed by atoms with van der Waals surface area (Å²) in [4.78, 5) is 11.3. The number of hydrogen-bond acceptors (Lipinski definition) is 3. The third-order valence-electron chi connectivity index (χ3n) is 2.94. The smallest absolute Gasteiger partial charge is 0.253 e. The van der Waals surface area contributed by atoms with Crippen molar-refractivity contribution in [3.8, 4) is 5.75 Å². The molecule has 4 N–H and O–H groups in total. The molecule has 2 rings (SSSR count). The summed E-state index contributed by atoms with van der Waals surface area (Å²) in [7, 11) is 0. The molecule has 1 aliphatic rings. The highest BCUT2D eigenvalue weighted by Gasteiger charge is 2.25. The van der Waals surface area contributed by atoms with Crippen molar-refractivity contribution in [2.45, 2.75) is 31.4 Å². The van der Waals surface area contributed by atoms with Gasteiger partial charge in [0.1, 0.15) is 11.9 Å². The average molecular weight is 255 g/mol. The van der Waals surface area contributed by atoms with Crippen LogP contribution in [0.15, 0.2) is 18.2 Å². The summed E-state index contributed by atoms with van der Waals surface area (Å²) in [5.41, 5.74) is 11.3. The molecule has 1 aromatic rings. The molecule has 1 amide bonds. The lowest BCUT2D eigenvalue weighted by Crippen LogP contribution is -2.21. The summed E-state index contributed by atoms with van der Waals surface area (Å²) >= 11 is 5.93. The number of rotatable bonds is 3. The Bertz CT molecular complexity index is 437. The molecule has 5 heteroatoms. The first-order valence-electron chi connectivity index (χ1n) is 5.58. The highest BCUT2D eigenvalue weighted by molar-refractivity contribution is 6.34. The van der Waals surface area contributed by atoms with E-state index in [4.69, 9.17) is 27.8 Å². The molecule has 92 valence electrons. The van der Waals surface area contributed by atoms with Crippen molar-refractivity contribution in [1.82, 2.24) is 0 Å². The zero-order valence-corrected chi connectivity index (χ0v) is 10.1. The van der Waals surface area contributed by atoms with Crippen molar-refractivity contribution in [3.05, 3.63) is 28.8 Å². The molecule has 0 aliphatic heterocycles.